The fourth-order valence-electron chi connectivity index (χ4n) is 0.671. The molecular weight excluding hydrogens is 292 g/mol. The highest BCUT2D eigenvalue weighted by molar-refractivity contribution is 9.11. The van der Waals surface area contributed by atoms with Gasteiger partial charge in [-0.15, -0.1) is 0 Å². The minimum Gasteiger partial charge on any atom is -0.478 e. The molecule has 12 heavy (non-hydrogen) atoms. The highest BCUT2D eigenvalue weighted by atomic mass is 79.9. The summed E-state index contributed by atoms with van der Waals surface area (Å²) in [7, 11) is 0. The number of halogens is 2. The second-order valence-electron chi connectivity index (χ2n) is 2.00. The van der Waals surface area contributed by atoms with E-state index in [4.69, 9.17) is 10.8 Å². The summed E-state index contributed by atoms with van der Waals surface area (Å²) in [5, 5.41) is 8.67. The van der Waals surface area contributed by atoms with Gasteiger partial charge in [0.2, 0.25) is 0 Å². The van der Waals surface area contributed by atoms with Crippen LogP contribution in [0.2, 0.25) is 0 Å². The van der Waals surface area contributed by atoms with Gasteiger partial charge in [0.1, 0.15) is 9.21 Å². The Morgan fingerprint density at radius 3 is 2.67 bits per heavy atom. The first kappa shape index (κ1) is 9.47. The molecule has 1 heterocycles. The van der Waals surface area contributed by atoms with Crippen molar-refractivity contribution in [1.29, 1.82) is 0 Å². The average molecular weight is 296 g/mol. The number of aromatic nitrogens is 1. The van der Waals surface area contributed by atoms with Crippen molar-refractivity contribution in [2.45, 2.75) is 0 Å². The van der Waals surface area contributed by atoms with Crippen LogP contribution in [0.1, 0.15) is 10.4 Å². The lowest BCUT2D eigenvalue weighted by atomic mass is 10.2. The number of anilines is 1. The molecule has 3 N–H and O–H groups in total. The zero-order chi connectivity index (χ0) is 9.30. The van der Waals surface area contributed by atoms with Gasteiger partial charge in [0.05, 0.1) is 11.3 Å². The van der Waals surface area contributed by atoms with Gasteiger partial charge in [0.15, 0.2) is 0 Å². The molecule has 1 aromatic rings. The molecular formula is C6H4Br2N2O2. The fraction of sp³-hybridized carbons (Fsp3) is 0. The topological polar surface area (TPSA) is 76.2 Å². The molecule has 0 aliphatic carbocycles. The van der Waals surface area contributed by atoms with Crippen LogP contribution in [0.3, 0.4) is 0 Å². The summed E-state index contributed by atoms with van der Waals surface area (Å²) in [5.74, 6) is -1.07. The molecule has 0 aromatic carbocycles. The molecule has 0 unspecified atom stereocenters. The van der Waals surface area contributed by atoms with Gasteiger partial charge in [-0.3, -0.25) is 0 Å². The van der Waals surface area contributed by atoms with Gasteiger partial charge >= 0.3 is 5.97 Å². The lowest BCUT2D eigenvalue weighted by Crippen LogP contribution is -2.04. The number of hydrogen-bond donors (Lipinski definition) is 2. The summed E-state index contributed by atoms with van der Waals surface area (Å²) >= 11 is 6.09. The van der Waals surface area contributed by atoms with E-state index in [-0.39, 0.29) is 11.3 Å². The standard InChI is InChI=1S/C6H4Br2N2O2/c7-3-1-2(6(11)12)4(9)5(8)10-3/h1H,9H2,(H,11,12). The molecule has 0 atom stereocenters. The normalized spacial score (nSPS) is 9.83. The molecule has 0 saturated carbocycles. The Bertz CT molecular complexity index is 341. The monoisotopic (exact) mass is 294 g/mol. The summed E-state index contributed by atoms with van der Waals surface area (Å²) in [5.41, 5.74) is 5.60. The van der Waals surface area contributed by atoms with Gasteiger partial charge in [-0.25, -0.2) is 9.78 Å². The second kappa shape index (κ2) is 3.40. The summed E-state index contributed by atoms with van der Waals surface area (Å²) in [6.07, 6.45) is 0. The Labute approximate surface area is 85.0 Å². The maximum absolute atomic E-state index is 10.6. The Morgan fingerprint density at radius 2 is 2.17 bits per heavy atom. The first-order chi connectivity index (χ1) is 5.52. The van der Waals surface area contributed by atoms with Crippen LogP contribution >= 0.6 is 31.9 Å². The van der Waals surface area contributed by atoms with E-state index in [1.165, 1.54) is 6.07 Å². The third kappa shape index (κ3) is 1.75. The molecule has 0 bridgehead atoms. The number of pyridine rings is 1. The fourth-order valence-corrected chi connectivity index (χ4v) is 1.72. The molecule has 64 valence electrons. The van der Waals surface area contributed by atoms with E-state index in [9.17, 15) is 4.79 Å². The van der Waals surface area contributed by atoms with Crippen molar-refractivity contribution in [3.8, 4) is 0 Å². The van der Waals surface area contributed by atoms with Gasteiger partial charge < -0.3 is 10.8 Å². The lowest BCUT2D eigenvalue weighted by Gasteiger charge is -2.02. The number of rotatable bonds is 1. The number of carboxylic acid groups (broad SMARTS) is 1. The predicted octanol–water partition coefficient (Wildman–Crippen LogP) is 1.89. The highest BCUT2D eigenvalue weighted by Gasteiger charge is 2.12. The van der Waals surface area contributed by atoms with Crippen molar-refractivity contribution in [1.82, 2.24) is 4.98 Å². The Balaban J connectivity index is 3.37. The molecule has 0 saturated heterocycles. The van der Waals surface area contributed by atoms with Crippen LogP contribution in [-0.2, 0) is 0 Å². The number of hydrogen-bond acceptors (Lipinski definition) is 3. The number of nitrogens with zero attached hydrogens (tertiary/aromatic N) is 1. The van der Waals surface area contributed by atoms with Crippen LogP contribution < -0.4 is 5.73 Å². The Kier molecular flexibility index (Phi) is 2.69. The largest absolute Gasteiger partial charge is 0.478 e. The Hall–Kier alpha value is -0.620. The average Bonchev–Trinajstić information content (AvgIpc) is 1.96. The molecule has 1 aromatic heterocycles. The summed E-state index contributed by atoms with van der Waals surface area (Å²) in [6.45, 7) is 0. The lowest BCUT2D eigenvalue weighted by molar-refractivity contribution is 0.0698. The minimum absolute atomic E-state index is 0.0313. The maximum atomic E-state index is 10.6. The summed E-state index contributed by atoms with van der Waals surface area (Å²) < 4.78 is 0.759. The number of nitrogens with two attached hydrogens (primary N) is 1. The molecule has 0 radical (unpaired) electrons. The van der Waals surface area contributed by atoms with E-state index in [0.29, 0.717) is 9.21 Å². The first-order valence-electron chi connectivity index (χ1n) is 2.87. The van der Waals surface area contributed by atoms with E-state index < -0.39 is 5.97 Å². The second-order valence-corrected chi connectivity index (χ2v) is 3.57. The van der Waals surface area contributed by atoms with Crippen molar-refractivity contribution < 1.29 is 9.90 Å². The molecule has 0 amide bonds. The maximum Gasteiger partial charge on any atom is 0.337 e. The summed E-state index contributed by atoms with van der Waals surface area (Å²) in [4.78, 5) is 14.4. The molecule has 4 nitrogen and oxygen atoms in total. The van der Waals surface area contributed by atoms with Crippen LogP contribution in [0, 0.1) is 0 Å². The van der Waals surface area contributed by atoms with E-state index in [1.807, 2.05) is 0 Å². The zero-order valence-electron chi connectivity index (χ0n) is 5.71. The SMILES string of the molecule is Nc1c(C(=O)O)cc(Br)nc1Br. The van der Waals surface area contributed by atoms with Crippen LogP contribution in [0.25, 0.3) is 0 Å². The van der Waals surface area contributed by atoms with Gasteiger partial charge in [0.25, 0.3) is 0 Å². The van der Waals surface area contributed by atoms with E-state index in [1.54, 1.807) is 0 Å². The molecule has 1 rings (SSSR count). The number of nitrogen functional groups attached to an aromatic ring is 1. The summed E-state index contributed by atoms with van der Waals surface area (Å²) in [6, 6.07) is 1.35. The smallest absolute Gasteiger partial charge is 0.337 e. The predicted molar refractivity (Wildman–Crippen MR) is 51.0 cm³/mol. The molecule has 0 spiro atoms. The number of carboxylic acids is 1. The third-order valence-electron chi connectivity index (χ3n) is 1.21. The van der Waals surface area contributed by atoms with Crippen molar-refractivity contribution >= 4 is 43.5 Å². The van der Waals surface area contributed by atoms with Gasteiger partial charge in [0, 0.05) is 0 Å². The third-order valence-corrected chi connectivity index (χ3v) is 2.22. The molecule has 6 heteroatoms. The van der Waals surface area contributed by atoms with Crippen LogP contribution in [0.5, 0.6) is 0 Å². The van der Waals surface area contributed by atoms with Crippen molar-refractivity contribution in [2.24, 2.45) is 0 Å². The van der Waals surface area contributed by atoms with E-state index >= 15 is 0 Å². The van der Waals surface area contributed by atoms with Crippen LogP contribution in [-0.4, -0.2) is 16.1 Å². The van der Waals surface area contributed by atoms with E-state index in [0.717, 1.165) is 0 Å². The highest BCUT2D eigenvalue weighted by Crippen LogP contribution is 2.24. The van der Waals surface area contributed by atoms with Gasteiger partial charge in [-0.1, -0.05) is 0 Å². The first-order valence-corrected chi connectivity index (χ1v) is 4.45. The number of carbonyl (C=O) groups is 1. The van der Waals surface area contributed by atoms with Crippen LogP contribution in [0.4, 0.5) is 5.69 Å². The minimum atomic E-state index is -1.07. The molecule has 0 aliphatic heterocycles. The van der Waals surface area contributed by atoms with Crippen molar-refractivity contribution in [2.75, 3.05) is 5.73 Å². The Morgan fingerprint density at radius 1 is 1.58 bits per heavy atom. The quantitative estimate of drug-likeness (QED) is 0.776. The molecule has 0 fully saturated rings. The van der Waals surface area contributed by atoms with Gasteiger partial charge in [-0.05, 0) is 37.9 Å². The van der Waals surface area contributed by atoms with Crippen LogP contribution in [0.15, 0.2) is 15.3 Å². The van der Waals surface area contributed by atoms with Crippen molar-refractivity contribution in [3.05, 3.63) is 20.8 Å². The zero-order valence-corrected chi connectivity index (χ0v) is 8.89. The molecule has 0 aliphatic rings. The van der Waals surface area contributed by atoms with Crippen molar-refractivity contribution in [3.63, 3.8) is 0 Å². The van der Waals surface area contributed by atoms with Gasteiger partial charge in [-0.2, -0.15) is 0 Å². The number of aromatic carboxylic acids is 1. The van der Waals surface area contributed by atoms with E-state index in [2.05, 4.69) is 36.8 Å².